The Kier molecular flexibility index (Phi) is 2.83. The van der Waals surface area contributed by atoms with Gasteiger partial charge in [0.1, 0.15) is 5.69 Å². The van der Waals surface area contributed by atoms with Crippen molar-refractivity contribution >= 4 is 11.6 Å². The van der Waals surface area contributed by atoms with Crippen molar-refractivity contribution in [1.82, 2.24) is 19.9 Å². The minimum atomic E-state index is 0.218. The highest BCUT2D eigenvalue weighted by Crippen LogP contribution is 2.30. The summed E-state index contributed by atoms with van der Waals surface area (Å²) in [5, 5.41) is 8.78. The number of rotatable bonds is 2. The van der Waals surface area contributed by atoms with E-state index in [2.05, 4.69) is 15.2 Å². The average molecular weight is 269 g/mol. The number of hydrogen-bond acceptors (Lipinski definition) is 5. The molecule has 0 aromatic carbocycles. The lowest BCUT2D eigenvalue weighted by Gasteiger charge is -1.98. The van der Waals surface area contributed by atoms with Crippen LogP contribution in [0.3, 0.4) is 0 Å². The maximum absolute atomic E-state index is 6.18. The molecule has 2 aromatic heterocycles. The Bertz CT molecular complexity index is 572. The van der Waals surface area contributed by atoms with Gasteiger partial charge in [-0.15, -0.1) is 0 Å². The molecular formula is C11H13ClN4O2. The van der Waals surface area contributed by atoms with Gasteiger partial charge in [-0.3, -0.25) is 4.68 Å². The smallest absolute Gasteiger partial charge is 0.277 e. The fourth-order valence-electron chi connectivity index (χ4n) is 2.10. The predicted octanol–water partition coefficient (Wildman–Crippen LogP) is 1.94. The van der Waals surface area contributed by atoms with E-state index in [-0.39, 0.29) is 5.92 Å². The first kappa shape index (κ1) is 11.7. The summed E-state index contributed by atoms with van der Waals surface area (Å²) < 4.78 is 12.2. The van der Waals surface area contributed by atoms with Crippen molar-refractivity contribution in [2.75, 3.05) is 13.2 Å². The Balaban J connectivity index is 1.97. The molecule has 0 spiro atoms. The molecule has 7 heteroatoms. The molecule has 6 nitrogen and oxygen atoms in total. The predicted molar refractivity (Wildman–Crippen MR) is 64.4 cm³/mol. The lowest BCUT2D eigenvalue weighted by Crippen LogP contribution is -2.00. The van der Waals surface area contributed by atoms with Gasteiger partial charge in [0.15, 0.2) is 5.82 Å². The summed E-state index contributed by atoms with van der Waals surface area (Å²) in [5.41, 5.74) is 1.41. The van der Waals surface area contributed by atoms with Gasteiger partial charge in [0.25, 0.3) is 5.89 Å². The molecular weight excluding hydrogens is 256 g/mol. The molecule has 1 aliphatic rings. The van der Waals surface area contributed by atoms with Crippen LogP contribution in [0.1, 0.15) is 23.9 Å². The van der Waals surface area contributed by atoms with E-state index < -0.39 is 0 Å². The molecule has 18 heavy (non-hydrogen) atoms. The Hall–Kier alpha value is -1.40. The molecule has 1 fully saturated rings. The van der Waals surface area contributed by atoms with Crippen LogP contribution in [0.4, 0.5) is 0 Å². The van der Waals surface area contributed by atoms with Gasteiger partial charge in [-0.25, -0.2) is 0 Å². The van der Waals surface area contributed by atoms with Gasteiger partial charge < -0.3 is 9.26 Å². The Morgan fingerprint density at radius 2 is 2.28 bits per heavy atom. The van der Waals surface area contributed by atoms with E-state index in [9.17, 15) is 0 Å². The Morgan fingerprint density at radius 3 is 2.89 bits per heavy atom. The first-order valence-electron chi connectivity index (χ1n) is 5.77. The zero-order chi connectivity index (χ0) is 12.7. The standard InChI is InChI=1S/C11H13ClN4O2/c1-6-8(12)9(16(2)14-6)11-13-10(15-18-11)7-3-4-17-5-7/h7H,3-5H2,1-2H3/t7-/m1/s1. The Labute approximate surface area is 109 Å². The van der Waals surface area contributed by atoms with E-state index in [0.29, 0.717) is 29.0 Å². The quantitative estimate of drug-likeness (QED) is 0.833. The number of halogens is 1. The molecule has 1 saturated heterocycles. The minimum Gasteiger partial charge on any atom is -0.381 e. The van der Waals surface area contributed by atoms with E-state index in [4.69, 9.17) is 20.9 Å². The van der Waals surface area contributed by atoms with Gasteiger partial charge in [-0.2, -0.15) is 10.1 Å². The van der Waals surface area contributed by atoms with Gasteiger partial charge in [-0.1, -0.05) is 16.8 Å². The van der Waals surface area contributed by atoms with Gasteiger partial charge >= 0.3 is 0 Å². The molecule has 3 rings (SSSR count). The van der Waals surface area contributed by atoms with Crippen LogP contribution in [0.15, 0.2) is 4.52 Å². The van der Waals surface area contributed by atoms with Crippen molar-refractivity contribution in [3.05, 3.63) is 16.5 Å². The summed E-state index contributed by atoms with van der Waals surface area (Å²) >= 11 is 6.18. The van der Waals surface area contributed by atoms with Gasteiger partial charge in [0.2, 0.25) is 0 Å². The van der Waals surface area contributed by atoms with Crippen LogP contribution in [0.25, 0.3) is 11.6 Å². The molecule has 96 valence electrons. The van der Waals surface area contributed by atoms with Crippen molar-refractivity contribution < 1.29 is 9.26 Å². The summed E-state index contributed by atoms with van der Waals surface area (Å²) in [6.45, 7) is 3.24. The topological polar surface area (TPSA) is 66.0 Å². The fourth-order valence-corrected chi connectivity index (χ4v) is 2.34. The summed E-state index contributed by atoms with van der Waals surface area (Å²) in [6, 6.07) is 0. The van der Waals surface area contributed by atoms with E-state index in [0.717, 1.165) is 18.7 Å². The van der Waals surface area contributed by atoms with Crippen molar-refractivity contribution in [2.45, 2.75) is 19.3 Å². The molecule has 0 N–H and O–H groups in total. The summed E-state index contributed by atoms with van der Waals surface area (Å²) in [6.07, 6.45) is 0.928. The molecule has 1 aliphatic heterocycles. The van der Waals surface area contributed by atoms with Gasteiger partial charge in [0.05, 0.1) is 17.3 Å². The minimum absolute atomic E-state index is 0.218. The normalized spacial score (nSPS) is 19.6. The Morgan fingerprint density at radius 1 is 1.44 bits per heavy atom. The molecule has 0 radical (unpaired) electrons. The zero-order valence-corrected chi connectivity index (χ0v) is 10.9. The average Bonchev–Trinajstić information content (AvgIpc) is 3.01. The maximum Gasteiger partial charge on any atom is 0.277 e. The van der Waals surface area contributed by atoms with Crippen molar-refractivity contribution in [1.29, 1.82) is 0 Å². The molecule has 0 bridgehead atoms. The highest BCUT2D eigenvalue weighted by molar-refractivity contribution is 6.33. The molecule has 0 aliphatic carbocycles. The van der Waals surface area contributed by atoms with Crippen LogP contribution in [0.2, 0.25) is 5.02 Å². The van der Waals surface area contributed by atoms with Crippen molar-refractivity contribution in [3.63, 3.8) is 0 Å². The number of nitrogens with zero attached hydrogens (tertiary/aromatic N) is 4. The summed E-state index contributed by atoms with van der Waals surface area (Å²) in [5.74, 6) is 1.30. The SMILES string of the molecule is Cc1nn(C)c(-c2nc([C@@H]3CCOC3)no2)c1Cl. The second-order valence-corrected chi connectivity index (χ2v) is 4.77. The van der Waals surface area contributed by atoms with Gasteiger partial charge in [0, 0.05) is 19.6 Å². The lowest BCUT2D eigenvalue weighted by molar-refractivity contribution is 0.192. The number of aryl methyl sites for hydroxylation is 2. The number of hydrogen-bond donors (Lipinski definition) is 0. The monoisotopic (exact) mass is 268 g/mol. The van der Waals surface area contributed by atoms with Crippen LogP contribution in [0.5, 0.6) is 0 Å². The third kappa shape index (κ3) is 1.81. The van der Waals surface area contributed by atoms with E-state index in [1.54, 1.807) is 11.7 Å². The van der Waals surface area contributed by atoms with Crippen molar-refractivity contribution in [2.24, 2.45) is 7.05 Å². The van der Waals surface area contributed by atoms with E-state index in [1.165, 1.54) is 0 Å². The third-order valence-electron chi connectivity index (χ3n) is 3.09. The molecule has 1 atom stereocenters. The number of ether oxygens (including phenoxy) is 1. The van der Waals surface area contributed by atoms with Crippen LogP contribution in [-0.2, 0) is 11.8 Å². The second kappa shape index (κ2) is 4.37. The van der Waals surface area contributed by atoms with E-state index >= 15 is 0 Å². The van der Waals surface area contributed by atoms with Crippen LogP contribution < -0.4 is 0 Å². The highest BCUT2D eigenvalue weighted by Gasteiger charge is 2.25. The van der Waals surface area contributed by atoms with Gasteiger partial charge in [-0.05, 0) is 13.3 Å². The largest absolute Gasteiger partial charge is 0.381 e. The van der Waals surface area contributed by atoms with Crippen molar-refractivity contribution in [3.8, 4) is 11.6 Å². The first-order valence-corrected chi connectivity index (χ1v) is 6.15. The molecule has 2 aromatic rings. The van der Waals surface area contributed by atoms with Crippen LogP contribution in [0, 0.1) is 6.92 Å². The maximum atomic E-state index is 6.18. The number of aromatic nitrogens is 4. The van der Waals surface area contributed by atoms with Crippen LogP contribution in [-0.4, -0.2) is 33.1 Å². The molecule has 3 heterocycles. The van der Waals surface area contributed by atoms with E-state index in [1.807, 2.05) is 6.92 Å². The summed E-state index contributed by atoms with van der Waals surface area (Å²) in [7, 11) is 1.80. The lowest BCUT2D eigenvalue weighted by atomic mass is 10.1. The first-order chi connectivity index (χ1) is 8.66. The molecule has 0 unspecified atom stereocenters. The second-order valence-electron chi connectivity index (χ2n) is 4.39. The van der Waals surface area contributed by atoms with Crippen LogP contribution >= 0.6 is 11.6 Å². The highest BCUT2D eigenvalue weighted by atomic mass is 35.5. The molecule has 0 amide bonds. The summed E-state index contributed by atoms with van der Waals surface area (Å²) in [4.78, 5) is 4.39. The fraction of sp³-hybridized carbons (Fsp3) is 0.545. The molecule has 0 saturated carbocycles. The third-order valence-corrected chi connectivity index (χ3v) is 3.54. The zero-order valence-electron chi connectivity index (χ0n) is 10.2.